The van der Waals surface area contributed by atoms with Crippen molar-refractivity contribution in [3.05, 3.63) is 12.5 Å². The lowest BCUT2D eigenvalue weighted by molar-refractivity contribution is -0.144. The van der Waals surface area contributed by atoms with E-state index in [4.69, 9.17) is 5.11 Å². The summed E-state index contributed by atoms with van der Waals surface area (Å²) in [7, 11) is -3.58. The van der Waals surface area contributed by atoms with Crippen LogP contribution in [0.2, 0.25) is 0 Å². The summed E-state index contributed by atoms with van der Waals surface area (Å²) in [6, 6.07) is 0. The number of carbonyl (C=O) groups is 1. The largest absolute Gasteiger partial charge is 0.481 e. The molecular formula is C11H17N3O4S. The van der Waals surface area contributed by atoms with Crippen LogP contribution in [0.4, 0.5) is 0 Å². The molecule has 0 amide bonds. The van der Waals surface area contributed by atoms with Crippen LogP contribution in [0.1, 0.15) is 13.8 Å². The average Bonchev–Trinajstić information content (AvgIpc) is 2.75. The molecule has 0 saturated carbocycles. The molecule has 1 N–H and O–H groups in total. The molecule has 2 heterocycles. The summed E-state index contributed by atoms with van der Waals surface area (Å²) in [5, 5.41) is 8.90. The molecule has 0 aliphatic carbocycles. The second-order valence-electron chi connectivity index (χ2n) is 4.75. The first-order valence-corrected chi connectivity index (χ1v) is 7.55. The summed E-state index contributed by atoms with van der Waals surface area (Å²) in [6.07, 6.45) is 2.97. The van der Waals surface area contributed by atoms with Crippen LogP contribution in [0.25, 0.3) is 0 Å². The van der Waals surface area contributed by atoms with Crippen LogP contribution in [0.3, 0.4) is 0 Å². The van der Waals surface area contributed by atoms with Crippen molar-refractivity contribution >= 4 is 16.0 Å². The maximum Gasteiger partial charge on any atom is 0.306 e. The third kappa shape index (κ3) is 2.50. The molecule has 0 bridgehead atoms. The standard InChI is InChI=1S/C11H17N3O4S/c1-3-13-6-10(12-7-13)19(17,18)14-4-9(5-14)8(2)11(15)16/h6-9H,3-5H2,1-2H3,(H,15,16). The highest BCUT2D eigenvalue weighted by molar-refractivity contribution is 7.89. The zero-order valence-corrected chi connectivity index (χ0v) is 11.7. The topological polar surface area (TPSA) is 92.5 Å². The number of aliphatic carboxylic acids is 1. The molecule has 19 heavy (non-hydrogen) atoms. The minimum atomic E-state index is -3.58. The number of imidazole rings is 1. The van der Waals surface area contributed by atoms with Gasteiger partial charge < -0.3 is 9.67 Å². The van der Waals surface area contributed by atoms with E-state index in [1.54, 1.807) is 11.5 Å². The van der Waals surface area contributed by atoms with E-state index >= 15 is 0 Å². The summed E-state index contributed by atoms with van der Waals surface area (Å²) < 4.78 is 27.3. The Morgan fingerprint density at radius 1 is 1.58 bits per heavy atom. The number of nitrogens with zero attached hydrogens (tertiary/aromatic N) is 3. The van der Waals surface area contributed by atoms with Crippen molar-refractivity contribution in [2.75, 3.05) is 13.1 Å². The lowest BCUT2D eigenvalue weighted by Gasteiger charge is -2.39. The second-order valence-corrected chi connectivity index (χ2v) is 6.64. The molecule has 0 aromatic carbocycles. The molecule has 106 valence electrons. The molecule has 1 aliphatic heterocycles. The van der Waals surface area contributed by atoms with E-state index in [9.17, 15) is 13.2 Å². The Morgan fingerprint density at radius 2 is 2.21 bits per heavy atom. The minimum Gasteiger partial charge on any atom is -0.481 e. The van der Waals surface area contributed by atoms with Crippen molar-refractivity contribution in [1.82, 2.24) is 13.9 Å². The van der Waals surface area contributed by atoms with Gasteiger partial charge in [-0.15, -0.1) is 0 Å². The smallest absolute Gasteiger partial charge is 0.306 e. The molecule has 1 fully saturated rings. The van der Waals surface area contributed by atoms with Crippen LogP contribution in [0, 0.1) is 11.8 Å². The Kier molecular flexibility index (Phi) is 3.64. The van der Waals surface area contributed by atoms with Crippen LogP contribution >= 0.6 is 0 Å². The highest BCUT2D eigenvalue weighted by Gasteiger charge is 2.42. The van der Waals surface area contributed by atoms with Gasteiger partial charge in [0.1, 0.15) is 0 Å². The maximum absolute atomic E-state index is 12.2. The van der Waals surface area contributed by atoms with Crippen molar-refractivity contribution in [2.24, 2.45) is 11.8 Å². The Morgan fingerprint density at radius 3 is 2.68 bits per heavy atom. The summed E-state index contributed by atoms with van der Waals surface area (Å²) in [5.41, 5.74) is 0. The van der Waals surface area contributed by atoms with Gasteiger partial charge in [0, 0.05) is 25.8 Å². The molecule has 1 aliphatic rings. The first-order valence-electron chi connectivity index (χ1n) is 6.11. The van der Waals surface area contributed by atoms with Gasteiger partial charge in [-0.3, -0.25) is 4.79 Å². The van der Waals surface area contributed by atoms with Crippen LogP contribution in [-0.4, -0.2) is 46.4 Å². The Balaban J connectivity index is 2.06. The number of hydrogen-bond acceptors (Lipinski definition) is 4. The monoisotopic (exact) mass is 287 g/mol. The number of hydrogen-bond donors (Lipinski definition) is 1. The minimum absolute atomic E-state index is 0.0239. The second kappa shape index (κ2) is 4.93. The van der Waals surface area contributed by atoms with Crippen LogP contribution < -0.4 is 0 Å². The van der Waals surface area contributed by atoms with E-state index < -0.39 is 21.9 Å². The van der Waals surface area contributed by atoms with Crippen molar-refractivity contribution in [3.63, 3.8) is 0 Å². The van der Waals surface area contributed by atoms with Gasteiger partial charge in [-0.05, 0) is 12.8 Å². The lowest BCUT2D eigenvalue weighted by Crippen LogP contribution is -2.53. The van der Waals surface area contributed by atoms with Gasteiger partial charge in [-0.1, -0.05) is 6.92 Å². The van der Waals surface area contributed by atoms with Crippen LogP contribution in [0.5, 0.6) is 0 Å². The molecule has 1 aromatic rings. The normalized spacial score (nSPS) is 19.1. The SMILES string of the molecule is CCn1cnc(S(=O)(=O)N2CC(C(C)C(=O)O)C2)c1. The number of carboxylic acids is 1. The summed E-state index contributed by atoms with van der Waals surface area (Å²) in [4.78, 5) is 14.7. The zero-order chi connectivity index (χ0) is 14.2. The Bertz CT molecular complexity index is 575. The molecule has 2 rings (SSSR count). The first kappa shape index (κ1) is 14.0. The first-order chi connectivity index (χ1) is 8.86. The molecule has 7 nitrogen and oxygen atoms in total. The van der Waals surface area contributed by atoms with Crippen molar-refractivity contribution in [2.45, 2.75) is 25.4 Å². The number of carboxylic acid groups (broad SMARTS) is 1. The zero-order valence-electron chi connectivity index (χ0n) is 10.9. The van der Waals surface area contributed by atoms with E-state index in [0.29, 0.717) is 6.54 Å². The van der Waals surface area contributed by atoms with Gasteiger partial charge >= 0.3 is 5.97 Å². The number of sulfonamides is 1. The number of aryl methyl sites for hydroxylation is 1. The fourth-order valence-electron chi connectivity index (χ4n) is 1.96. The predicted octanol–water partition coefficient (Wildman–Crippen LogP) is 0.244. The molecule has 0 spiro atoms. The van der Waals surface area contributed by atoms with E-state index in [1.807, 2.05) is 6.92 Å². The van der Waals surface area contributed by atoms with E-state index in [2.05, 4.69) is 4.98 Å². The molecule has 8 heteroatoms. The number of rotatable bonds is 5. The third-order valence-corrected chi connectivity index (χ3v) is 5.27. The average molecular weight is 287 g/mol. The molecule has 0 radical (unpaired) electrons. The highest BCUT2D eigenvalue weighted by Crippen LogP contribution is 2.29. The summed E-state index contributed by atoms with van der Waals surface area (Å²) in [6.45, 7) is 4.64. The number of aromatic nitrogens is 2. The quantitative estimate of drug-likeness (QED) is 0.837. The molecule has 1 unspecified atom stereocenters. The van der Waals surface area contributed by atoms with Gasteiger partial charge in [0.25, 0.3) is 10.0 Å². The third-order valence-electron chi connectivity index (χ3n) is 3.55. The van der Waals surface area contributed by atoms with E-state index in [0.717, 1.165) is 0 Å². The molecule has 1 atom stereocenters. The lowest BCUT2D eigenvalue weighted by atomic mass is 9.89. The van der Waals surface area contributed by atoms with Gasteiger partial charge in [0.05, 0.1) is 12.2 Å². The fraction of sp³-hybridized carbons (Fsp3) is 0.636. The Labute approximate surface area is 111 Å². The fourth-order valence-corrected chi connectivity index (χ4v) is 3.45. The molecule has 1 aromatic heterocycles. The molecule has 1 saturated heterocycles. The highest BCUT2D eigenvalue weighted by atomic mass is 32.2. The van der Waals surface area contributed by atoms with E-state index in [1.165, 1.54) is 16.8 Å². The van der Waals surface area contributed by atoms with Gasteiger partial charge in [-0.25, -0.2) is 13.4 Å². The van der Waals surface area contributed by atoms with Crippen LogP contribution in [0.15, 0.2) is 17.6 Å². The van der Waals surface area contributed by atoms with Crippen molar-refractivity contribution in [3.8, 4) is 0 Å². The molecular weight excluding hydrogens is 270 g/mol. The van der Waals surface area contributed by atoms with Gasteiger partial charge in [-0.2, -0.15) is 4.31 Å². The van der Waals surface area contributed by atoms with E-state index in [-0.39, 0.29) is 24.0 Å². The maximum atomic E-state index is 12.2. The predicted molar refractivity (Wildman–Crippen MR) is 66.9 cm³/mol. The van der Waals surface area contributed by atoms with Crippen molar-refractivity contribution in [1.29, 1.82) is 0 Å². The summed E-state index contributed by atoms with van der Waals surface area (Å²) >= 11 is 0. The van der Waals surface area contributed by atoms with Crippen LogP contribution in [-0.2, 0) is 21.4 Å². The van der Waals surface area contributed by atoms with Crippen molar-refractivity contribution < 1.29 is 18.3 Å². The Hall–Kier alpha value is -1.41. The van der Waals surface area contributed by atoms with Gasteiger partial charge in [0.15, 0.2) is 5.03 Å². The van der Waals surface area contributed by atoms with Gasteiger partial charge in [0.2, 0.25) is 0 Å². The summed E-state index contributed by atoms with van der Waals surface area (Å²) in [5.74, 6) is -1.54.